The number of carbonyl (C=O) groups excluding carboxylic acids is 2. The number of para-hydroxylation sites is 1. The molecule has 0 aromatic heterocycles. The van der Waals surface area contributed by atoms with Crippen molar-refractivity contribution in [2.24, 2.45) is 0 Å². The van der Waals surface area contributed by atoms with Gasteiger partial charge in [0.15, 0.2) is 0 Å². The van der Waals surface area contributed by atoms with Gasteiger partial charge in [0, 0.05) is 12.6 Å². The van der Waals surface area contributed by atoms with E-state index in [0.717, 1.165) is 21.5 Å². The Morgan fingerprint density at radius 2 is 1.51 bits per heavy atom. The summed E-state index contributed by atoms with van der Waals surface area (Å²) >= 11 is 0. The van der Waals surface area contributed by atoms with Gasteiger partial charge in [0.25, 0.3) is 10.0 Å². The molecular weight excluding hydrogens is 517 g/mol. The largest absolute Gasteiger partial charge is 0.352 e. The summed E-state index contributed by atoms with van der Waals surface area (Å²) in [6.07, 6.45) is 1.02. The lowest BCUT2D eigenvalue weighted by atomic mass is 10.1. The molecule has 3 aromatic carbocycles. The average Bonchev–Trinajstić information content (AvgIpc) is 2.93. The van der Waals surface area contributed by atoms with Crippen LogP contribution in [0.3, 0.4) is 0 Å². The third kappa shape index (κ3) is 7.44. The molecule has 1 N–H and O–H groups in total. The first kappa shape index (κ1) is 29.8. The van der Waals surface area contributed by atoms with E-state index in [-0.39, 0.29) is 29.1 Å². The summed E-state index contributed by atoms with van der Waals surface area (Å²) in [7, 11) is -4.31. The van der Waals surface area contributed by atoms with Crippen molar-refractivity contribution < 1.29 is 22.4 Å². The van der Waals surface area contributed by atoms with Crippen molar-refractivity contribution in [2.45, 2.75) is 64.1 Å². The number of nitrogens with one attached hydrogen (secondary N) is 1. The number of sulfonamides is 1. The van der Waals surface area contributed by atoms with Crippen LogP contribution in [0.1, 0.15) is 44.7 Å². The predicted octanol–water partition coefficient (Wildman–Crippen LogP) is 5.05. The van der Waals surface area contributed by atoms with Gasteiger partial charge in [0.1, 0.15) is 18.4 Å². The Morgan fingerprint density at radius 3 is 2.10 bits per heavy atom. The minimum atomic E-state index is -4.31. The van der Waals surface area contributed by atoms with Crippen LogP contribution in [0, 0.1) is 12.7 Å². The molecule has 7 nitrogen and oxygen atoms in total. The summed E-state index contributed by atoms with van der Waals surface area (Å²) in [5.74, 6) is -1.73. The maximum absolute atomic E-state index is 15.0. The van der Waals surface area contributed by atoms with Gasteiger partial charge in [-0.15, -0.1) is 0 Å². The standard InChI is InChI=1S/C30H36FN3O4S/c1-5-23(4)32-30(36)27(6-2)33(20-24-18-16-22(3)17-19-24)29(35)21-34(28-15-11-10-14-26(28)31)39(37,38)25-12-8-7-9-13-25/h7-19,23,27H,5-6,20-21H2,1-4H3,(H,32,36)/t23-,27-/m0/s1. The molecule has 0 heterocycles. The van der Waals surface area contributed by atoms with E-state index in [1.807, 2.05) is 45.0 Å². The van der Waals surface area contributed by atoms with Crippen LogP contribution in [0.25, 0.3) is 0 Å². The highest BCUT2D eigenvalue weighted by Crippen LogP contribution is 2.27. The summed E-state index contributed by atoms with van der Waals surface area (Å²) in [5.41, 5.74) is 1.58. The molecule has 9 heteroatoms. The molecule has 2 amide bonds. The van der Waals surface area contributed by atoms with Gasteiger partial charge in [-0.3, -0.25) is 13.9 Å². The maximum Gasteiger partial charge on any atom is 0.264 e. The highest BCUT2D eigenvalue weighted by atomic mass is 32.2. The Balaban J connectivity index is 2.05. The second kappa shape index (κ2) is 13.4. The van der Waals surface area contributed by atoms with Crippen molar-refractivity contribution in [2.75, 3.05) is 10.8 Å². The number of amides is 2. The lowest BCUT2D eigenvalue weighted by Gasteiger charge is -2.33. The number of rotatable bonds is 12. The van der Waals surface area contributed by atoms with Gasteiger partial charge in [-0.1, -0.05) is 74.0 Å². The zero-order valence-corrected chi connectivity index (χ0v) is 23.6. The van der Waals surface area contributed by atoms with Gasteiger partial charge in [-0.25, -0.2) is 12.8 Å². The summed E-state index contributed by atoms with van der Waals surface area (Å²) < 4.78 is 43.2. The normalized spacial score (nSPS) is 12.8. The first-order chi connectivity index (χ1) is 18.6. The van der Waals surface area contributed by atoms with E-state index in [1.54, 1.807) is 25.1 Å². The quantitative estimate of drug-likeness (QED) is 0.340. The first-order valence-electron chi connectivity index (χ1n) is 13.1. The Bertz CT molecular complexity index is 1360. The molecule has 208 valence electrons. The zero-order valence-electron chi connectivity index (χ0n) is 22.8. The number of halogens is 1. The molecular formula is C30H36FN3O4S. The molecule has 2 atom stereocenters. The van der Waals surface area contributed by atoms with Crippen molar-refractivity contribution in [1.82, 2.24) is 10.2 Å². The monoisotopic (exact) mass is 553 g/mol. The minimum Gasteiger partial charge on any atom is -0.352 e. The van der Waals surface area contributed by atoms with Crippen molar-refractivity contribution in [1.29, 1.82) is 0 Å². The fourth-order valence-electron chi connectivity index (χ4n) is 4.14. The van der Waals surface area contributed by atoms with E-state index in [2.05, 4.69) is 5.32 Å². The average molecular weight is 554 g/mol. The lowest BCUT2D eigenvalue weighted by Crippen LogP contribution is -2.53. The highest BCUT2D eigenvalue weighted by Gasteiger charge is 2.34. The van der Waals surface area contributed by atoms with E-state index in [0.29, 0.717) is 12.8 Å². The summed E-state index contributed by atoms with van der Waals surface area (Å²) in [6.45, 7) is 6.97. The van der Waals surface area contributed by atoms with Crippen molar-refractivity contribution in [3.05, 3.63) is 95.8 Å². The van der Waals surface area contributed by atoms with Crippen LogP contribution in [0.2, 0.25) is 0 Å². The molecule has 0 radical (unpaired) electrons. The number of benzene rings is 3. The smallest absolute Gasteiger partial charge is 0.264 e. The second-order valence-corrected chi connectivity index (χ2v) is 11.4. The van der Waals surface area contributed by atoms with Crippen LogP contribution in [-0.4, -0.2) is 43.8 Å². The maximum atomic E-state index is 15.0. The van der Waals surface area contributed by atoms with Crippen LogP contribution < -0.4 is 9.62 Å². The fourth-order valence-corrected chi connectivity index (χ4v) is 5.58. The Hall–Kier alpha value is -3.72. The molecule has 3 aromatic rings. The van der Waals surface area contributed by atoms with Gasteiger partial charge >= 0.3 is 0 Å². The third-order valence-electron chi connectivity index (χ3n) is 6.59. The van der Waals surface area contributed by atoms with Crippen LogP contribution in [0.15, 0.2) is 83.8 Å². The lowest BCUT2D eigenvalue weighted by molar-refractivity contribution is -0.140. The number of carbonyl (C=O) groups is 2. The van der Waals surface area contributed by atoms with Crippen LogP contribution in [-0.2, 0) is 26.2 Å². The van der Waals surface area contributed by atoms with Crippen LogP contribution >= 0.6 is 0 Å². The molecule has 0 aliphatic heterocycles. The highest BCUT2D eigenvalue weighted by molar-refractivity contribution is 7.92. The molecule has 0 aliphatic carbocycles. The van der Waals surface area contributed by atoms with Gasteiger partial charge < -0.3 is 10.2 Å². The van der Waals surface area contributed by atoms with Crippen LogP contribution in [0.5, 0.6) is 0 Å². The number of aryl methyl sites for hydroxylation is 1. The second-order valence-electron chi connectivity index (χ2n) is 9.53. The van der Waals surface area contributed by atoms with Gasteiger partial charge in [0.05, 0.1) is 10.6 Å². The molecule has 0 aliphatic rings. The van der Waals surface area contributed by atoms with Crippen LogP contribution in [0.4, 0.5) is 10.1 Å². The van der Waals surface area contributed by atoms with Gasteiger partial charge in [-0.2, -0.15) is 0 Å². The van der Waals surface area contributed by atoms with E-state index >= 15 is 0 Å². The number of hydrogen-bond acceptors (Lipinski definition) is 4. The first-order valence-corrected chi connectivity index (χ1v) is 14.5. The molecule has 0 saturated carbocycles. The van der Waals surface area contributed by atoms with Crippen molar-refractivity contribution in [3.63, 3.8) is 0 Å². The van der Waals surface area contributed by atoms with Gasteiger partial charge in [-0.05, 0) is 56.5 Å². The Kier molecular flexibility index (Phi) is 10.2. The summed E-state index contributed by atoms with van der Waals surface area (Å²) in [6, 6.07) is 19.6. The molecule has 3 rings (SSSR count). The zero-order chi connectivity index (χ0) is 28.6. The Morgan fingerprint density at radius 1 is 0.897 bits per heavy atom. The summed E-state index contributed by atoms with van der Waals surface area (Å²) in [4.78, 5) is 28.5. The molecule has 0 unspecified atom stereocenters. The predicted molar refractivity (Wildman–Crippen MR) is 151 cm³/mol. The molecule has 0 saturated heterocycles. The molecule has 0 fully saturated rings. The molecule has 0 bridgehead atoms. The van der Waals surface area contributed by atoms with E-state index in [4.69, 9.17) is 0 Å². The SMILES string of the molecule is CC[C@H](C)NC(=O)[C@H](CC)N(Cc1ccc(C)cc1)C(=O)CN(c1ccccc1F)S(=O)(=O)c1ccccc1. The third-order valence-corrected chi connectivity index (χ3v) is 8.37. The minimum absolute atomic E-state index is 0.0762. The van der Waals surface area contributed by atoms with Crippen molar-refractivity contribution >= 4 is 27.5 Å². The Labute approximate surface area is 230 Å². The molecule has 0 spiro atoms. The molecule has 39 heavy (non-hydrogen) atoms. The summed E-state index contributed by atoms with van der Waals surface area (Å²) in [5, 5.41) is 2.94. The fraction of sp³-hybridized carbons (Fsp3) is 0.333. The van der Waals surface area contributed by atoms with Gasteiger partial charge in [0.2, 0.25) is 11.8 Å². The van der Waals surface area contributed by atoms with E-state index in [9.17, 15) is 22.4 Å². The number of hydrogen-bond donors (Lipinski definition) is 1. The topological polar surface area (TPSA) is 86.8 Å². The van der Waals surface area contributed by atoms with E-state index in [1.165, 1.54) is 35.2 Å². The number of anilines is 1. The van der Waals surface area contributed by atoms with Crippen molar-refractivity contribution in [3.8, 4) is 0 Å². The van der Waals surface area contributed by atoms with E-state index < -0.39 is 34.3 Å². The number of nitrogens with zero attached hydrogens (tertiary/aromatic N) is 2.